The Bertz CT molecular complexity index is 1480. The summed E-state index contributed by atoms with van der Waals surface area (Å²) in [4.78, 5) is 13.2. The first-order chi connectivity index (χ1) is 24.8. The van der Waals surface area contributed by atoms with E-state index < -0.39 is 70.2 Å². The molecule has 2 aliphatic rings. The first-order valence-corrected chi connectivity index (χ1v) is 17.4. The quantitative estimate of drug-likeness (QED) is 0.0735. The molecule has 2 aromatic carbocycles. The van der Waals surface area contributed by atoms with E-state index in [-0.39, 0.29) is 42.6 Å². The number of hydrogen-bond donors (Lipinski definition) is 0. The Balaban J connectivity index is 0.000000370. The van der Waals surface area contributed by atoms with Crippen molar-refractivity contribution < 1.29 is 52.2 Å². The van der Waals surface area contributed by atoms with Crippen molar-refractivity contribution in [2.45, 2.75) is 18.9 Å². The summed E-state index contributed by atoms with van der Waals surface area (Å²) in [6.07, 6.45) is -7.94. The topological polar surface area (TPSA) is 54.0 Å². The Hall–Kier alpha value is -0.377. The predicted octanol–water partition coefficient (Wildman–Crippen LogP) is -9.14. The van der Waals surface area contributed by atoms with Crippen molar-refractivity contribution >= 4 is 184 Å². The van der Waals surface area contributed by atoms with E-state index in [1.54, 1.807) is 14.2 Å². The second kappa shape index (κ2) is 22.1. The lowest BCUT2D eigenvalue weighted by Crippen LogP contribution is -3.00. The highest BCUT2D eigenvalue weighted by Crippen LogP contribution is 2.51. The van der Waals surface area contributed by atoms with Crippen LogP contribution in [-0.2, 0) is 6.42 Å². The number of carbonyl (C=O) groups is 1. The third-order valence-electron chi connectivity index (χ3n) is 10.5. The molecule has 2 aliphatic heterocycles. The molecule has 27 radical (unpaired) electrons. The molecule has 0 N–H and O–H groups in total. The number of nitrogens with zero attached hydrogens (tertiary/aromatic N) is 1. The van der Waals surface area contributed by atoms with Crippen LogP contribution in [0.15, 0.2) is 30.3 Å². The van der Waals surface area contributed by atoms with Crippen LogP contribution in [0.1, 0.15) is 33.9 Å². The van der Waals surface area contributed by atoms with Crippen LogP contribution in [-0.4, -0.2) is 230 Å². The van der Waals surface area contributed by atoms with E-state index in [0.29, 0.717) is 33.7 Å². The van der Waals surface area contributed by atoms with Crippen molar-refractivity contribution in [3.8, 4) is 23.0 Å². The first-order valence-electron chi connectivity index (χ1n) is 17.4. The van der Waals surface area contributed by atoms with Gasteiger partial charge in [0.25, 0.3) is 0 Å². The molecule has 2 aromatic rings. The van der Waals surface area contributed by atoms with Gasteiger partial charge in [0, 0.05) is 184 Å². The van der Waals surface area contributed by atoms with Crippen molar-refractivity contribution in [2.75, 3.05) is 41.7 Å². The summed E-state index contributed by atoms with van der Waals surface area (Å²) in [5.74, 6) is 2.71. The van der Waals surface area contributed by atoms with Gasteiger partial charge in [0.05, 0.1) is 52.4 Å². The van der Waals surface area contributed by atoms with Crippen LogP contribution >= 0.6 is 0 Å². The molecule has 0 spiro atoms. The standard InChI is InChI=1S/C22H26NO5.B25.HI/c1-23(2)10-9-14-11-19-21(28-13-27-19)22(26-4)20(14)16(23)12-17(24)15-7-5-6-8-18(15)25-3;1-14-21(15(2)3)24(20(12)13)25(22(16(4)5)17(6)7)23(18(8)9)19(10)11;/h5-8,11,16H,9-10,12-13H2,1-4H3;;1H/q+1;;/p-1. The summed E-state index contributed by atoms with van der Waals surface area (Å²) in [6, 6.07) is 9.37. The first kappa shape index (κ1) is 49.8. The molecule has 0 bridgehead atoms. The zero-order chi connectivity index (χ0) is 39.9. The number of hydrogen-bond acceptors (Lipinski definition) is 5. The van der Waals surface area contributed by atoms with Gasteiger partial charge in [-0.2, -0.15) is 0 Å². The highest BCUT2D eigenvalue weighted by molar-refractivity contribution is 8.24. The van der Waals surface area contributed by atoms with Gasteiger partial charge in [-0.15, -0.1) is 0 Å². The maximum absolute atomic E-state index is 13.2. The fourth-order valence-corrected chi connectivity index (χ4v) is 7.87. The molecule has 0 saturated heterocycles. The maximum atomic E-state index is 13.2. The van der Waals surface area contributed by atoms with Crippen molar-refractivity contribution in [3.05, 3.63) is 47.0 Å². The van der Waals surface area contributed by atoms with Gasteiger partial charge in [0.2, 0.25) is 12.5 Å². The van der Waals surface area contributed by atoms with Crippen molar-refractivity contribution in [1.29, 1.82) is 0 Å². The Kier molecular flexibility index (Phi) is 20.4. The van der Waals surface area contributed by atoms with Gasteiger partial charge in [-0.3, -0.25) is 4.79 Å². The van der Waals surface area contributed by atoms with Gasteiger partial charge in [0.1, 0.15) is 11.8 Å². The average Bonchev–Trinajstić information content (AvgIpc) is 3.54. The van der Waals surface area contributed by atoms with Crippen LogP contribution in [0.5, 0.6) is 23.0 Å². The molecule has 6 nitrogen and oxygen atoms in total. The largest absolute Gasteiger partial charge is 1.00 e. The number of benzene rings is 2. The van der Waals surface area contributed by atoms with Gasteiger partial charge in [-0.05, 0) is 23.8 Å². The minimum atomic E-state index is -0.960. The molecular weight excluding hydrogens is 755 g/mol. The monoisotopic (exact) mass is 786 g/mol. The number of quaternary nitrogens is 1. The van der Waals surface area contributed by atoms with Crippen LogP contribution in [0, 0.1) is 0 Å². The normalized spacial score (nSPS) is 14.2. The average molecular weight is 782 g/mol. The molecule has 0 aromatic heterocycles. The summed E-state index contributed by atoms with van der Waals surface area (Å²) in [7, 11) is 85.4. The third-order valence-corrected chi connectivity index (χ3v) is 10.5. The van der Waals surface area contributed by atoms with E-state index in [2.05, 4.69) is 14.1 Å². The second-order valence-corrected chi connectivity index (χ2v) is 14.4. The molecule has 0 saturated carbocycles. The lowest BCUT2D eigenvalue weighted by atomic mass is 8.35. The van der Waals surface area contributed by atoms with Crippen LogP contribution < -0.4 is 42.9 Å². The Labute approximate surface area is 363 Å². The maximum Gasteiger partial charge on any atom is 0.231 e. The lowest BCUT2D eigenvalue weighted by Gasteiger charge is -2.47. The lowest BCUT2D eigenvalue weighted by molar-refractivity contribution is -0.922. The zero-order valence-electron chi connectivity index (χ0n) is 31.6. The van der Waals surface area contributed by atoms with Crippen LogP contribution in [0.3, 0.4) is 0 Å². The summed E-state index contributed by atoms with van der Waals surface area (Å²) in [5.41, 5.74) is 2.82. The molecule has 0 amide bonds. The molecule has 54 heavy (non-hydrogen) atoms. The number of ether oxygens (including phenoxy) is 4. The number of rotatable bonds is 16. The molecule has 0 fully saturated rings. The summed E-state index contributed by atoms with van der Waals surface area (Å²) < 4.78 is 23.1. The van der Waals surface area contributed by atoms with E-state index in [0.717, 1.165) is 29.8 Å². The van der Waals surface area contributed by atoms with E-state index in [9.17, 15) is 4.79 Å². The van der Waals surface area contributed by atoms with Crippen molar-refractivity contribution in [2.24, 2.45) is 0 Å². The number of Topliss-reactive ketones (excluding diaryl/α,β-unsaturated/α-hetero) is 1. The number of ketones is 1. The SMILES string of the molecule is COc1ccccc1C(=O)CC1c2c(cc3c(c2OC)OCO3)CC[N+]1(C)C.[B][B]B(B([B])[B])B(B([B])[B])B(B(B([B])[B])B([B])[B])B(B([B])[B])B([B])[B].[I-]. The highest BCUT2D eigenvalue weighted by Gasteiger charge is 2.49. The van der Waals surface area contributed by atoms with E-state index >= 15 is 0 Å². The van der Waals surface area contributed by atoms with E-state index in [1.165, 1.54) is 7.06 Å². The fourth-order valence-electron chi connectivity index (χ4n) is 7.87. The summed E-state index contributed by atoms with van der Waals surface area (Å²) in [6.45, 7) is 1.12. The second-order valence-electron chi connectivity index (χ2n) is 14.4. The molecule has 2 heterocycles. The van der Waals surface area contributed by atoms with Gasteiger partial charge < -0.3 is 47.4 Å². The fraction of sp³-hybridized carbons (Fsp3) is 0.409. The molecule has 4 rings (SSSR count). The Morgan fingerprint density at radius 2 is 1.33 bits per heavy atom. The number of para-hydroxylation sites is 1. The Morgan fingerprint density at radius 3 is 1.80 bits per heavy atom. The van der Waals surface area contributed by atoms with Gasteiger partial charge >= 0.3 is 0 Å². The molecule has 1 atom stereocenters. The van der Waals surface area contributed by atoms with E-state index in [1.807, 2.05) is 30.3 Å². The van der Waals surface area contributed by atoms with Gasteiger partial charge in [-0.25, -0.2) is 0 Å². The number of carbonyl (C=O) groups excluding carboxylic acids is 1. The van der Waals surface area contributed by atoms with Crippen LogP contribution in [0.4, 0.5) is 0 Å². The third kappa shape index (κ3) is 11.6. The number of likely N-dealkylation sites (N-methyl/N-ethyl adjacent to an activating group) is 1. The molecule has 32 heteroatoms. The van der Waals surface area contributed by atoms with Crippen molar-refractivity contribution in [3.63, 3.8) is 0 Å². The molecule has 231 valence electrons. The van der Waals surface area contributed by atoms with Crippen LogP contribution in [0.25, 0.3) is 0 Å². The minimum Gasteiger partial charge on any atom is -1.00 e. The number of halogens is 1. The molecule has 0 aliphatic carbocycles. The zero-order valence-corrected chi connectivity index (χ0v) is 33.8. The van der Waals surface area contributed by atoms with E-state index in [4.69, 9.17) is 120 Å². The summed E-state index contributed by atoms with van der Waals surface area (Å²) >= 11 is 0. The van der Waals surface area contributed by atoms with Gasteiger partial charge in [-0.1, -0.05) is 12.1 Å². The minimum absolute atomic E-state index is 0. The molecule has 1 unspecified atom stereocenters. The molecular formula is C22H26B25INO5. The Morgan fingerprint density at radius 1 is 0.796 bits per heavy atom. The number of methoxy groups -OCH3 is 2. The highest BCUT2D eigenvalue weighted by atomic mass is 127. The van der Waals surface area contributed by atoms with Crippen LogP contribution in [0.2, 0.25) is 0 Å². The number of fused-ring (bicyclic) bond motifs is 2. The predicted molar refractivity (Wildman–Crippen MR) is 248 cm³/mol. The van der Waals surface area contributed by atoms with Gasteiger partial charge in [0.15, 0.2) is 17.3 Å². The smallest absolute Gasteiger partial charge is 0.231 e. The summed E-state index contributed by atoms with van der Waals surface area (Å²) in [5, 5.41) is 0. The van der Waals surface area contributed by atoms with Crippen molar-refractivity contribution in [1.82, 2.24) is 0 Å².